The van der Waals surface area contributed by atoms with Crippen LogP contribution in [0.15, 0.2) is 22.7 Å². The fourth-order valence-electron chi connectivity index (χ4n) is 2.48. The summed E-state index contributed by atoms with van der Waals surface area (Å²) in [4.78, 5) is 2.28. The number of benzene rings is 1. The summed E-state index contributed by atoms with van der Waals surface area (Å²) in [5, 5.41) is 3.42. The fraction of sp³-hybridized carbons (Fsp3) is 0.571. The average molecular weight is 349 g/mol. The number of nitrogens with zero attached hydrogens (tertiary/aromatic N) is 1. The summed E-state index contributed by atoms with van der Waals surface area (Å²) in [7, 11) is 2.10. The number of rotatable bonds is 5. The molecule has 1 aliphatic rings. The molecule has 0 aromatic heterocycles. The van der Waals surface area contributed by atoms with Crippen molar-refractivity contribution in [2.24, 2.45) is 0 Å². The first kappa shape index (κ1) is 15.7. The molecule has 0 aliphatic carbocycles. The molecular formula is C14H19BrF2N2O. The van der Waals surface area contributed by atoms with Crippen LogP contribution >= 0.6 is 15.9 Å². The lowest BCUT2D eigenvalue weighted by molar-refractivity contribution is -0.0505. The third-order valence-corrected chi connectivity index (χ3v) is 3.94. The van der Waals surface area contributed by atoms with Crippen molar-refractivity contribution in [2.45, 2.75) is 32.0 Å². The molecule has 1 aromatic rings. The molecule has 1 aromatic carbocycles. The van der Waals surface area contributed by atoms with E-state index < -0.39 is 6.61 Å². The first-order valence-corrected chi connectivity index (χ1v) is 7.49. The number of halogens is 3. The van der Waals surface area contributed by atoms with E-state index in [-0.39, 0.29) is 5.75 Å². The highest BCUT2D eigenvalue weighted by atomic mass is 79.9. The summed E-state index contributed by atoms with van der Waals surface area (Å²) >= 11 is 3.36. The molecule has 1 atom stereocenters. The lowest BCUT2D eigenvalue weighted by Crippen LogP contribution is -2.43. The van der Waals surface area contributed by atoms with Crippen LogP contribution in [0, 0.1) is 0 Å². The minimum atomic E-state index is -2.80. The third-order valence-electron chi connectivity index (χ3n) is 3.44. The second-order valence-electron chi connectivity index (χ2n) is 5.11. The Morgan fingerprint density at radius 2 is 2.30 bits per heavy atom. The molecule has 1 unspecified atom stereocenters. The van der Waals surface area contributed by atoms with E-state index >= 15 is 0 Å². The number of likely N-dealkylation sites (tertiary alicyclic amines) is 1. The van der Waals surface area contributed by atoms with Gasteiger partial charge in [-0.3, -0.25) is 0 Å². The number of nitrogens with one attached hydrogen (secondary N) is 1. The first-order chi connectivity index (χ1) is 9.54. The summed E-state index contributed by atoms with van der Waals surface area (Å²) in [6.07, 6.45) is 2.27. The van der Waals surface area contributed by atoms with Crippen molar-refractivity contribution >= 4 is 15.9 Å². The molecule has 20 heavy (non-hydrogen) atoms. The van der Waals surface area contributed by atoms with Gasteiger partial charge in [0.25, 0.3) is 0 Å². The van der Waals surface area contributed by atoms with Gasteiger partial charge in [0, 0.05) is 29.2 Å². The van der Waals surface area contributed by atoms with Crippen LogP contribution in [0.5, 0.6) is 5.75 Å². The Labute approximate surface area is 126 Å². The molecule has 1 saturated heterocycles. The second kappa shape index (κ2) is 7.33. The highest BCUT2D eigenvalue weighted by molar-refractivity contribution is 9.10. The van der Waals surface area contributed by atoms with Crippen LogP contribution in [-0.4, -0.2) is 37.7 Å². The topological polar surface area (TPSA) is 24.5 Å². The van der Waals surface area contributed by atoms with Gasteiger partial charge in [-0.1, -0.05) is 15.9 Å². The van der Waals surface area contributed by atoms with E-state index in [1.54, 1.807) is 12.1 Å². The maximum Gasteiger partial charge on any atom is 0.387 e. The second-order valence-corrected chi connectivity index (χ2v) is 6.03. The average Bonchev–Trinajstić information content (AvgIpc) is 2.39. The minimum Gasteiger partial charge on any atom is -0.434 e. The van der Waals surface area contributed by atoms with Crippen LogP contribution in [0.25, 0.3) is 0 Å². The predicted octanol–water partition coefficient (Wildman–Crippen LogP) is 3.23. The van der Waals surface area contributed by atoms with E-state index in [1.165, 1.54) is 0 Å². The first-order valence-electron chi connectivity index (χ1n) is 6.70. The molecule has 0 radical (unpaired) electrons. The van der Waals surface area contributed by atoms with Gasteiger partial charge >= 0.3 is 6.61 Å². The largest absolute Gasteiger partial charge is 0.434 e. The van der Waals surface area contributed by atoms with Crippen LogP contribution in [0.1, 0.15) is 18.4 Å². The van der Waals surface area contributed by atoms with Gasteiger partial charge in [0.05, 0.1) is 0 Å². The Bertz CT molecular complexity index is 445. The van der Waals surface area contributed by atoms with Gasteiger partial charge in [-0.25, -0.2) is 0 Å². The summed E-state index contributed by atoms with van der Waals surface area (Å²) in [6, 6.07) is 5.49. The van der Waals surface area contributed by atoms with Crippen molar-refractivity contribution in [1.82, 2.24) is 10.2 Å². The minimum absolute atomic E-state index is 0.236. The molecule has 1 fully saturated rings. The molecule has 112 valence electrons. The summed E-state index contributed by atoms with van der Waals surface area (Å²) in [6.45, 7) is -0.163. The lowest BCUT2D eigenvalue weighted by atomic mass is 10.1. The van der Waals surface area contributed by atoms with Crippen LogP contribution in [-0.2, 0) is 6.54 Å². The SMILES string of the molecule is CN1CCCC(NCc2cc(Br)ccc2OC(F)F)C1. The van der Waals surface area contributed by atoms with Gasteiger partial charge in [0.1, 0.15) is 5.75 Å². The Morgan fingerprint density at radius 3 is 3.00 bits per heavy atom. The number of alkyl halides is 2. The van der Waals surface area contributed by atoms with Crippen molar-refractivity contribution in [2.75, 3.05) is 20.1 Å². The standard InChI is InChI=1S/C14H19BrF2N2O/c1-19-6-2-3-12(9-19)18-8-10-7-11(15)4-5-13(10)20-14(16)17/h4-5,7,12,14,18H,2-3,6,8-9H2,1H3. The summed E-state index contributed by atoms with van der Waals surface area (Å²) < 4.78 is 30.2. The van der Waals surface area contributed by atoms with Crippen molar-refractivity contribution in [3.63, 3.8) is 0 Å². The Morgan fingerprint density at radius 1 is 1.50 bits per heavy atom. The Kier molecular flexibility index (Phi) is 5.74. The van der Waals surface area contributed by atoms with E-state index in [0.717, 1.165) is 36.0 Å². The molecule has 3 nitrogen and oxygen atoms in total. The maximum absolute atomic E-state index is 12.4. The normalized spacial score (nSPS) is 20.4. The van der Waals surface area contributed by atoms with Gasteiger partial charge in [-0.05, 0) is 44.6 Å². The van der Waals surface area contributed by atoms with Crippen molar-refractivity contribution in [3.05, 3.63) is 28.2 Å². The number of hydrogen-bond acceptors (Lipinski definition) is 3. The maximum atomic E-state index is 12.4. The van der Waals surface area contributed by atoms with Crippen LogP contribution in [0.2, 0.25) is 0 Å². The number of ether oxygens (including phenoxy) is 1. The number of hydrogen-bond donors (Lipinski definition) is 1. The van der Waals surface area contributed by atoms with E-state index in [9.17, 15) is 8.78 Å². The van der Waals surface area contributed by atoms with E-state index in [1.807, 2.05) is 6.07 Å². The van der Waals surface area contributed by atoms with E-state index in [2.05, 4.69) is 37.9 Å². The summed E-state index contributed by atoms with van der Waals surface area (Å²) in [5.41, 5.74) is 0.743. The van der Waals surface area contributed by atoms with Gasteiger partial charge in [0.15, 0.2) is 0 Å². The van der Waals surface area contributed by atoms with Gasteiger partial charge in [-0.2, -0.15) is 8.78 Å². The molecule has 1 heterocycles. The predicted molar refractivity (Wildman–Crippen MR) is 78.1 cm³/mol. The number of likely N-dealkylation sites (N-methyl/N-ethyl adjacent to an activating group) is 1. The molecule has 0 bridgehead atoms. The molecule has 2 rings (SSSR count). The fourth-order valence-corrected chi connectivity index (χ4v) is 2.89. The van der Waals surface area contributed by atoms with Crippen LogP contribution in [0.3, 0.4) is 0 Å². The third kappa shape index (κ3) is 4.68. The lowest BCUT2D eigenvalue weighted by Gasteiger charge is -2.30. The zero-order valence-electron chi connectivity index (χ0n) is 11.4. The van der Waals surface area contributed by atoms with Crippen molar-refractivity contribution < 1.29 is 13.5 Å². The smallest absolute Gasteiger partial charge is 0.387 e. The molecule has 1 N–H and O–H groups in total. The van der Waals surface area contributed by atoms with Gasteiger partial charge in [0.2, 0.25) is 0 Å². The van der Waals surface area contributed by atoms with Crippen molar-refractivity contribution in [1.29, 1.82) is 0 Å². The highest BCUT2D eigenvalue weighted by Gasteiger charge is 2.17. The van der Waals surface area contributed by atoms with Gasteiger partial charge < -0.3 is 15.0 Å². The monoisotopic (exact) mass is 348 g/mol. The Balaban J connectivity index is 1.98. The highest BCUT2D eigenvalue weighted by Crippen LogP contribution is 2.25. The quantitative estimate of drug-likeness (QED) is 0.883. The molecule has 0 saturated carbocycles. The molecular weight excluding hydrogens is 330 g/mol. The Hall–Kier alpha value is -0.720. The van der Waals surface area contributed by atoms with E-state index in [4.69, 9.17) is 0 Å². The van der Waals surface area contributed by atoms with E-state index in [0.29, 0.717) is 12.6 Å². The van der Waals surface area contributed by atoms with Crippen LogP contribution in [0.4, 0.5) is 8.78 Å². The van der Waals surface area contributed by atoms with Crippen molar-refractivity contribution in [3.8, 4) is 5.75 Å². The molecule has 6 heteroatoms. The van der Waals surface area contributed by atoms with Crippen LogP contribution < -0.4 is 10.1 Å². The zero-order chi connectivity index (χ0) is 14.5. The molecule has 0 spiro atoms. The molecule has 1 aliphatic heterocycles. The number of piperidine rings is 1. The zero-order valence-corrected chi connectivity index (χ0v) is 13.0. The summed E-state index contributed by atoms with van der Waals surface area (Å²) in [5.74, 6) is 0.236. The van der Waals surface area contributed by atoms with Gasteiger partial charge in [-0.15, -0.1) is 0 Å². The molecule has 0 amide bonds.